The molecule has 0 radical (unpaired) electrons. The third-order valence-electron chi connectivity index (χ3n) is 5.67. The molecule has 0 aliphatic rings. The number of halogens is 1. The van der Waals surface area contributed by atoms with E-state index in [0.717, 1.165) is 28.3 Å². The first kappa shape index (κ1) is 20.9. The van der Waals surface area contributed by atoms with Gasteiger partial charge < -0.3 is 10.4 Å². The fraction of sp³-hybridized carbons (Fsp3) is 0.0800. The van der Waals surface area contributed by atoms with Crippen molar-refractivity contribution in [3.05, 3.63) is 96.6 Å². The number of aliphatic hydroxyl groups is 1. The summed E-state index contributed by atoms with van der Waals surface area (Å²) in [6, 6.07) is 13.5. The molecule has 5 heterocycles. The van der Waals surface area contributed by atoms with Crippen molar-refractivity contribution in [2.75, 3.05) is 5.32 Å². The molecule has 0 bridgehead atoms. The van der Waals surface area contributed by atoms with Crippen molar-refractivity contribution in [1.29, 1.82) is 0 Å². The molecule has 0 aliphatic heterocycles. The number of benzene rings is 1. The van der Waals surface area contributed by atoms with Gasteiger partial charge in [0.05, 0.1) is 36.4 Å². The molecule has 1 aromatic carbocycles. The second-order valence-electron chi connectivity index (χ2n) is 7.99. The summed E-state index contributed by atoms with van der Waals surface area (Å²) in [4.78, 5) is 21.4. The van der Waals surface area contributed by atoms with Crippen LogP contribution in [0.5, 0.6) is 0 Å². The van der Waals surface area contributed by atoms with Crippen LogP contribution in [0.25, 0.3) is 34.1 Å². The van der Waals surface area contributed by atoms with Crippen LogP contribution in [0.3, 0.4) is 0 Å². The van der Waals surface area contributed by atoms with Gasteiger partial charge in [0.25, 0.3) is 0 Å². The van der Waals surface area contributed by atoms with Crippen LogP contribution < -0.4 is 9.72 Å². The minimum absolute atomic E-state index is 0.0896. The van der Waals surface area contributed by atoms with Crippen molar-refractivity contribution in [2.45, 2.75) is 13.2 Å². The molecule has 0 amide bonds. The van der Waals surface area contributed by atoms with Gasteiger partial charge in [-0.2, -0.15) is 0 Å². The highest BCUT2D eigenvalue weighted by Gasteiger charge is 2.18. The van der Waals surface area contributed by atoms with E-state index in [1.165, 1.54) is 12.1 Å². The fourth-order valence-electron chi connectivity index (χ4n) is 4.01. The summed E-state index contributed by atoms with van der Waals surface area (Å²) in [6.45, 7) is 0.387. The number of H-pyrrole nitrogens is 1. The van der Waals surface area contributed by atoms with Gasteiger partial charge in [0, 0.05) is 24.0 Å². The predicted molar refractivity (Wildman–Crippen MR) is 127 cm³/mol. The van der Waals surface area contributed by atoms with Crippen LogP contribution in [0.2, 0.25) is 0 Å². The lowest BCUT2D eigenvalue weighted by Gasteiger charge is -2.08. The Bertz CT molecular complexity index is 1630. The Morgan fingerprint density at radius 2 is 1.94 bits per heavy atom. The average Bonchev–Trinajstić information content (AvgIpc) is 3.49. The van der Waals surface area contributed by atoms with Crippen LogP contribution in [0.4, 0.5) is 10.3 Å². The first-order chi connectivity index (χ1) is 17.2. The van der Waals surface area contributed by atoms with E-state index < -0.39 is 0 Å². The van der Waals surface area contributed by atoms with Gasteiger partial charge in [-0.1, -0.05) is 4.98 Å². The Kier molecular flexibility index (Phi) is 5.12. The van der Waals surface area contributed by atoms with E-state index in [1.807, 2.05) is 51.7 Å². The number of anilines is 1. The maximum atomic E-state index is 13.6. The zero-order valence-electron chi connectivity index (χ0n) is 18.4. The molecule has 6 rings (SSSR count). The molecule has 0 fully saturated rings. The van der Waals surface area contributed by atoms with Crippen LogP contribution in [-0.2, 0) is 13.2 Å². The van der Waals surface area contributed by atoms with Crippen LogP contribution in [0, 0.1) is 5.82 Å². The molecule has 0 saturated heterocycles. The Hall–Kier alpha value is -4.70. The van der Waals surface area contributed by atoms with E-state index in [-0.39, 0.29) is 12.4 Å². The highest BCUT2D eigenvalue weighted by Crippen LogP contribution is 2.32. The molecule has 3 N–H and O–H groups in total. The van der Waals surface area contributed by atoms with E-state index in [0.29, 0.717) is 29.5 Å². The molecule has 9 nitrogen and oxygen atoms in total. The number of aliphatic hydroxyl groups excluding tert-OH is 1. The lowest BCUT2D eigenvalue weighted by atomic mass is 10.1. The van der Waals surface area contributed by atoms with Gasteiger partial charge in [0.2, 0.25) is 5.95 Å². The number of rotatable bonds is 6. The van der Waals surface area contributed by atoms with Gasteiger partial charge in [0.1, 0.15) is 29.6 Å². The van der Waals surface area contributed by atoms with Crippen molar-refractivity contribution < 1.29 is 13.9 Å². The van der Waals surface area contributed by atoms with Crippen molar-refractivity contribution in [3.8, 4) is 22.6 Å². The predicted octanol–water partition coefficient (Wildman–Crippen LogP) is 3.16. The minimum atomic E-state index is -0.319. The van der Waals surface area contributed by atoms with Crippen LogP contribution >= 0.6 is 0 Å². The molecular weight excluding hydrogens is 447 g/mol. The summed E-state index contributed by atoms with van der Waals surface area (Å²) >= 11 is 0. The maximum absolute atomic E-state index is 13.6. The molecule has 0 atom stereocenters. The molecule has 0 unspecified atom stereocenters. The first-order valence-electron chi connectivity index (χ1n) is 11.0. The van der Waals surface area contributed by atoms with E-state index in [9.17, 15) is 9.50 Å². The first-order valence-corrected chi connectivity index (χ1v) is 11.0. The largest absolute Gasteiger partial charge is 0.400 e. The molecule has 0 aliphatic carbocycles. The van der Waals surface area contributed by atoms with E-state index in [2.05, 4.69) is 20.3 Å². The standard InChI is InChI=1S/C25H19FN8O/c26-18-4-2-17(3-5-18)22-23(34-11-7-16(15-35)12-21(34)32-22)20-6-9-27-24(31-20)29-13-19-14-33-10-1-8-28-25(33)30-19/h1-12,14,35H,13,15H2,(H,27,29,31)/p+1. The Morgan fingerprint density at radius 1 is 1.06 bits per heavy atom. The molecular formula is C25H20FN8O+. The van der Waals surface area contributed by atoms with Crippen molar-refractivity contribution in [1.82, 2.24) is 29.3 Å². The lowest BCUT2D eigenvalue weighted by Crippen LogP contribution is -2.17. The fourth-order valence-corrected chi connectivity index (χ4v) is 4.01. The molecule has 0 spiro atoms. The van der Waals surface area contributed by atoms with E-state index in [4.69, 9.17) is 9.97 Å². The topological polar surface area (TPSA) is 108 Å². The second kappa shape index (κ2) is 8.58. The third kappa shape index (κ3) is 3.96. The number of imidazole rings is 2. The summed E-state index contributed by atoms with van der Waals surface area (Å²) in [5, 5.41) is 12.8. The number of hydrogen-bond acceptors (Lipinski definition) is 6. The quantitative estimate of drug-likeness (QED) is 0.325. The number of fused-ring (bicyclic) bond motifs is 2. The highest BCUT2D eigenvalue weighted by molar-refractivity contribution is 5.80. The van der Waals surface area contributed by atoms with Gasteiger partial charge in [0.15, 0.2) is 0 Å². The average molecular weight is 467 g/mol. The zero-order valence-corrected chi connectivity index (χ0v) is 18.4. The molecule has 6 aromatic rings. The smallest absolute Gasteiger partial charge is 0.392 e. The number of aromatic nitrogens is 7. The number of pyridine rings is 1. The highest BCUT2D eigenvalue weighted by atomic mass is 19.1. The Balaban J connectivity index is 1.39. The van der Waals surface area contributed by atoms with Gasteiger partial charge in [-0.05, 0) is 48.0 Å². The summed E-state index contributed by atoms with van der Waals surface area (Å²) in [5.41, 5.74) is 5.13. The number of nitrogens with one attached hydrogen (secondary N) is 2. The SMILES string of the molecule is OCc1ccn2c(-c3ccnc(NCc4c[n+]5cccnc5[nH]4)n3)c(-c3ccc(F)cc3)nc2c1. The van der Waals surface area contributed by atoms with Crippen LogP contribution in [0.1, 0.15) is 11.3 Å². The Morgan fingerprint density at radius 3 is 2.77 bits per heavy atom. The van der Waals surface area contributed by atoms with Gasteiger partial charge in [-0.25, -0.2) is 28.7 Å². The number of hydrogen-bond donors (Lipinski definition) is 3. The van der Waals surface area contributed by atoms with Crippen molar-refractivity contribution in [2.24, 2.45) is 0 Å². The zero-order chi connectivity index (χ0) is 23.8. The molecule has 5 aromatic heterocycles. The van der Waals surface area contributed by atoms with Crippen molar-refractivity contribution >= 4 is 17.4 Å². The molecule has 35 heavy (non-hydrogen) atoms. The monoisotopic (exact) mass is 467 g/mol. The molecule has 172 valence electrons. The third-order valence-corrected chi connectivity index (χ3v) is 5.67. The van der Waals surface area contributed by atoms with Crippen LogP contribution in [-0.4, -0.2) is 34.4 Å². The van der Waals surface area contributed by atoms with Crippen LogP contribution in [0.15, 0.2) is 79.5 Å². The molecule has 0 saturated carbocycles. The van der Waals surface area contributed by atoms with Gasteiger partial charge in [-0.15, -0.1) is 0 Å². The minimum Gasteiger partial charge on any atom is -0.392 e. The number of nitrogens with zero attached hydrogens (tertiary/aromatic N) is 6. The second-order valence-corrected chi connectivity index (χ2v) is 7.99. The number of aromatic amines is 1. The van der Waals surface area contributed by atoms with Gasteiger partial charge >= 0.3 is 5.78 Å². The summed E-state index contributed by atoms with van der Waals surface area (Å²) < 4.78 is 17.4. The van der Waals surface area contributed by atoms with E-state index >= 15 is 0 Å². The lowest BCUT2D eigenvalue weighted by molar-refractivity contribution is -0.512. The normalized spacial score (nSPS) is 11.4. The van der Waals surface area contributed by atoms with Crippen molar-refractivity contribution in [3.63, 3.8) is 0 Å². The summed E-state index contributed by atoms with van der Waals surface area (Å²) in [7, 11) is 0. The molecule has 10 heteroatoms. The van der Waals surface area contributed by atoms with Gasteiger partial charge in [-0.3, -0.25) is 4.40 Å². The summed E-state index contributed by atoms with van der Waals surface area (Å²) in [6.07, 6.45) is 9.13. The maximum Gasteiger partial charge on any atom is 0.400 e. The Labute approximate surface area is 198 Å². The van der Waals surface area contributed by atoms with E-state index in [1.54, 1.807) is 24.5 Å². The summed E-state index contributed by atoms with van der Waals surface area (Å²) in [5.74, 6) is 0.877.